The Morgan fingerprint density at radius 2 is 2.33 bits per heavy atom. The van der Waals surface area contributed by atoms with Crippen molar-refractivity contribution in [3.05, 3.63) is 23.5 Å². The lowest BCUT2D eigenvalue weighted by Crippen LogP contribution is -2.33. The Bertz CT molecular complexity index is 391. The standard InChI is InChI=1S/C14H21ClN2O/c1-11-7-14(12(8-15)9-16-11)17(2)10-13-5-3-4-6-18-13/h7,9,13H,3-6,8,10H2,1-2H3. The van der Waals surface area contributed by atoms with Crippen molar-refractivity contribution in [1.29, 1.82) is 0 Å². The van der Waals surface area contributed by atoms with E-state index in [9.17, 15) is 0 Å². The number of ether oxygens (including phenoxy) is 1. The fourth-order valence-electron chi connectivity index (χ4n) is 2.39. The van der Waals surface area contributed by atoms with Crippen LogP contribution < -0.4 is 4.90 Å². The molecule has 0 amide bonds. The largest absolute Gasteiger partial charge is 0.376 e. The molecule has 0 aromatic carbocycles. The second kappa shape index (κ2) is 6.39. The van der Waals surface area contributed by atoms with Gasteiger partial charge in [-0.05, 0) is 32.3 Å². The van der Waals surface area contributed by atoms with Crippen LogP contribution in [0.4, 0.5) is 5.69 Å². The van der Waals surface area contributed by atoms with E-state index >= 15 is 0 Å². The Morgan fingerprint density at radius 1 is 1.50 bits per heavy atom. The number of aromatic nitrogens is 1. The van der Waals surface area contributed by atoms with Gasteiger partial charge in [0, 0.05) is 43.3 Å². The SMILES string of the molecule is Cc1cc(N(C)CC2CCCCO2)c(CCl)cn1. The van der Waals surface area contributed by atoms with Gasteiger partial charge in [-0.2, -0.15) is 0 Å². The summed E-state index contributed by atoms with van der Waals surface area (Å²) in [6.07, 6.45) is 5.85. The minimum Gasteiger partial charge on any atom is -0.376 e. The highest BCUT2D eigenvalue weighted by Crippen LogP contribution is 2.23. The maximum atomic E-state index is 5.97. The van der Waals surface area contributed by atoms with Crippen molar-refractivity contribution in [2.45, 2.75) is 38.2 Å². The van der Waals surface area contributed by atoms with Crippen LogP contribution in [0.3, 0.4) is 0 Å². The summed E-state index contributed by atoms with van der Waals surface area (Å²) in [6, 6.07) is 2.10. The lowest BCUT2D eigenvalue weighted by molar-refractivity contribution is 0.0216. The minimum atomic E-state index is 0.348. The smallest absolute Gasteiger partial charge is 0.0749 e. The van der Waals surface area contributed by atoms with E-state index < -0.39 is 0 Å². The summed E-state index contributed by atoms with van der Waals surface area (Å²) in [7, 11) is 2.10. The molecule has 0 aliphatic carbocycles. The predicted octanol–water partition coefficient (Wildman–Crippen LogP) is 3.13. The zero-order valence-electron chi connectivity index (χ0n) is 11.2. The summed E-state index contributed by atoms with van der Waals surface area (Å²) >= 11 is 5.97. The molecule has 0 spiro atoms. The molecule has 3 nitrogen and oxygen atoms in total. The molecule has 1 aliphatic heterocycles. The number of rotatable bonds is 4. The van der Waals surface area contributed by atoms with Gasteiger partial charge in [0.2, 0.25) is 0 Å². The number of hydrogen-bond acceptors (Lipinski definition) is 3. The van der Waals surface area contributed by atoms with Gasteiger partial charge in [-0.1, -0.05) is 0 Å². The quantitative estimate of drug-likeness (QED) is 0.785. The maximum Gasteiger partial charge on any atom is 0.0749 e. The molecule has 1 aromatic rings. The van der Waals surface area contributed by atoms with Gasteiger partial charge in [-0.3, -0.25) is 4.98 Å². The van der Waals surface area contributed by atoms with Crippen LogP contribution in [0.2, 0.25) is 0 Å². The molecule has 0 bridgehead atoms. The van der Waals surface area contributed by atoms with Gasteiger partial charge >= 0.3 is 0 Å². The molecule has 1 unspecified atom stereocenters. The first-order valence-corrected chi connectivity index (χ1v) is 7.08. The number of halogens is 1. The topological polar surface area (TPSA) is 25.4 Å². The molecule has 0 radical (unpaired) electrons. The monoisotopic (exact) mass is 268 g/mol. The maximum absolute atomic E-state index is 5.97. The lowest BCUT2D eigenvalue weighted by atomic mass is 10.1. The number of aryl methyl sites for hydroxylation is 1. The molecule has 1 fully saturated rings. The molecule has 1 saturated heterocycles. The number of likely N-dealkylation sites (N-methyl/N-ethyl adjacent to an activating group) is 1. The van der Waals surface area contributed by atoms with Crippen molar-refractivity contribution in [2.24, 2.45) is 0 Å². The van der Waals surface area contributed by atoms with Crippen LogP contribution >= 0.6 is 11.6 Å². The van der Waals surface area contributed by atoms with E-state index in [4.69, 9.17) is 16.3 Å². The normalized spacial score (nSPS) is 19.8. The summed E-state index contributed by atoms with van der Waals surface area (Å²) < 4.78 is 5.78. The first kappa shape index (κ1) is 13.6. The third-order valence-electron chi connectivity index (χ3n) is 3.41. The van der Waals surface area contributed by atoms with Crippen LogP contribution in [0.25, 0.3) is 0 Å². The molecule has 1 atom stereocenters. The van der Waals surface area contributed by atoms with Gasteiger partial charge in [-0.25, -0.2) is 0 Å². The average molecular weight is 269 g/mol. The predicted molar refractivity (Wildman–Crippen MR) is 75.4 cm³/mol. The van der Waals surface area contributed by atoms with E-state index in [0.717, 1.165) is 30.8 Å². The third-order valence-corrected chi connectivity index (χ3v) is 3.69. The molecular weight excluding hydrogens is 248 g/mol. The van der Waals surface area contributed by atoms with Gasteiger partial charge in [0.15, 0.2) is 0 Å². The van der Waals surface area contributed by atoms with Gasteiger partial charge < -0.3 is 9.64 Å². The molecule has 2 heterocycles. The Hall–Kier alpha value is -0.800. The molecule has 0 saturated carbocycles. The lowest BCUT2D eigenvalue weighted by Gasteiger charge is -2.29. The summed E-state index contributed by atoms with van der Waals surface area (Å²) in [5.41, 5.74) is 3.28. The highest BCUT2D eigenvalue weighted by Gasteiger charge is 2.17. The van der Waals surface area contributed by atoms with Crippen molar-refractivity contribution >= 4 is 17.3 Å². The highest BCUT2D eigenvalue weighted by molar-refractivity contribution is 6.17. The second-order valence-corrected chi connectivity index (χ2v) is 5.22. The van der Waals surface area contributed by atoms with E-state index in [0.29, 0.717) is 12.0 Å². The van der Waals surface area contributed by atoms with Gasteiger partial charge in [0.05, 0.1) is 12.0 Å². The molecule has 0 N–H and O–H groups in total. The van der Waals surface area contributed by atoms with E-state index in [-0.39, 0.29) is 0 Å². The summed E-state index contributed by atoms with van der Waals surface area (Å²) in [4.78, 5) is 6.54. The number of nitrogens with zero attached hydrogens (tertiary/aromatic N) is 2. The number of anilines is 1. The van der Waals surface area contributed by atoms with Crippen molar-refractivity contribution in [1.82, 2.24) is 4.98 Å². The van der Waals surface area contributed by atoms with Crippen LogP contribution in [0.1, 0.15) is 30.5 Å². The zero-order chi connectivity index (χ0) is 13.0. The van der Waals surface area contributed by atoms with Crippen molar-refractivity contribution in [2.75, 3.05) is 25.1 Å². The summed E-state index contributed by atoms with van der Waals surface area (Å²) in [5, 5.41) is 0. The Kier molecular flexibility index (Phi) is 4.84. The van der Waals surface area contributed by atoms with E-state index in [1.165, 1.54) is 18.5 Å². The second-order valence-electron chi connectivity index (χ2n) is 4.96. The van der Waals surface area contributed by atoms with Crippen molar-refractivity contribution in [3.63, 3.8) is 0 Å². The molecule has 100 valence electrons. The first-order chi connectivity index (χ1) is 8.70. The fourth-order valence-corrected chi connectivity index (χ4v) is 2.59. The molecular formula is C14H21ClN2O. The molecule has 1 aromatic heterocycles. The number of alkyl halides is 1. The van der Waals surface area contributed by atoms with Crippen molar-refractivity contribution in [3.8, 4) is 0 Å². The number of pyridine rings is 1. The van der Waals surface area contributed by atoms with Crippen LogP contribution in [-0.2, 0) is 10.6 Å². The molecule has 1 aliphatic rings. The minimum absolute atomic E-state index is 0.348. The highest BCUT2D eigenvalue weighted by atomic mass is 35.5. The first-order valence-electron chi connectivity index (χ1n) is 6.55. The summed E-state index contributed by atoms with van der Waals surface area (Å²) in [6.45, 7) is 3.83. The van der Waals surface area contributed by atoms with Crippen LogP contribution in [0.5, 0.6) is 0 Å². The van der Waals surface area contributed by atoms with E-state index in [2.05, 4.69) is 23.0 Å². The third kappa shape index (κ3) is 3.36. The molecule has 2 rings (SSSR count). The number of hydrogen-bond donors (Lipinski definition) is 0. The van der Waals surface area contributed by atoms with Gasteiger partial charge in [-0.15, -0.1) is 11.6 Å². The van der Waals surface area contributed by atoms with Crippen LogP contribution in [-0.4, -0.2) is 31.3 Å². The summed E-state index contributed by atoms with van der Waals surface area (Å²) in [5.74, 6) is 0.498. The van der Waals surface area contributed by atoms with Gasteiger partial charge in [0.25, 0.3) is 0 Å². The van der Waals surface area contributed by atoms with Crippen molar-refractivity contribution < 1.29 is 4.74 Å². The Morgan fingerprint density at radius 3 is 3.00 bits per heavy atom. The van der Waals surface area contributed by atoms with Crippen LogP contribution in [0, 0.1) is 6.92 Å². The molecule has 4 heteroatoms. The van der Waals surface area contributed by atoms with Gasteiger partial charge in [0.1, 0.15) is 0 Å². The van der Waals surface area contributed by atoms with E-state index in [1.807, 2.05) is 13.1 Å². The average Bonchev–Trinajstić information content (AvgIpc) is 2.40. The Labute approximate surface area is 114 Å². The van der Waals surface area contributed by atoms with Crippen LogP contribution in [0.15, 0.2) is 12.3 Å². The molecule has 18 heavy (non-hydrogen) atoms. The zero-order valence-corrected chi connectivity index (χ0v) is 11.9. The fraction of sp³-hybridized carbons (Fsp3) is 0.643. The Balaban J connectivity index is 2.07. The van der Waals surface area contributed by atoms with E-state index in [1.54, 1.807) is 0 Å².